The quantitative estimate of drug-likeness (QED) is 0.749. The molecule has 0 radical (unpaired) electrons. The predicted octanol–water partition coefficient (Wildman–Crippen LogP) is 1.27. The Hall–Kier alpha value is -1.07. The van der Waals surface area contributed by atoms with Crippen LogP contribution >= 0.6 is 11.3 Å². The summed E-state index contributed by atoms with van der Waals surface area (Å²) in [4.78, 5) is 0. The van der Waals surface area contributed by atoms with Crippen LogP contribution in [0.1, 0.15) is 5.56 Å². The fraction of sp³-hybridized carbons (Fsp3) is 0. The van der Waals surface area contributed by atoms with Crippen molar-refractivity contribution in [2.45, 2.75) is 0 Å². The van der Waals surface area contributed by atoms with Crippen molar-refractivity contribution in [3.8, 4) is 6.07 Å². The Morgan fingerprint density at radius 3 is 2.71 bits per heavy atom. The second-order valence-electron chi connectivity index (χ2n) is 2.64. The van der Waals surface area contributed by atoms with Crippen molar-refractivity contribution in [3.05, 3.63) is 47.3 Å². The molecule has 1 nitrogen and oxygen atoms in total. The first-order chi connectivity index (χ1) is 6.90. The van der Waals surface area contributed by atoms with Gasteiger partial charge < -0.3 is 0 Å². The van der Waals surface area contributed by atoms with E-state index in [0.717, 1.165) is 5.56 Å². The van der Waals surface area contributed by atoms with Crippen LogP contribution in [-0.2, 0) is 0 Å². The van der Waals surface area contributed by atoms with Gasteiger partial charge in [-0.1, -0.05) is 0 Å². The molecule has 2 rings (SSSR count). The summed E-state index contributed by atoms with van der Waals surface area (Å²) in [5, 5.41) is 11.0. The molecule has 1 heterocycles. The van der Waals surface area contributed by atoms with Gasteiger partial charge in [-0.25, -0.2) is 0 Å². The van der Waals surface area contributed by atoms with Crippen LogP contribution in [0.2, 0.25) is 0 Å². The monoisotopic (exact) mass is 265 g/mol. The molecule has 0 atom stereocenters. The van der Waals surface area contributed by atoms with E-state index in [1.165, 1.54) is 8.24 Å². The van der Waals surface area contributed by atoms with Crippen LogP contribution in [0, 0.1) is 11.3 Å². The average molecular weight is 264 g/mol. The van der Waals surface area contributed by atoms with Gasteiger partial charge in [0.15, 0.2) is 0 Å². The van der Waals surface area contributed by atoms with Gasteiger partial charge in [-0.15, -0.1) is 0 Å². The summed E-state index contributed by atoms with van der Waals surface area (Å²) in [6.07, 6.45) is 0. The number of hydrogen-bond donors (Lipinski definition) is 0. The van der Waals surface area contributed by atoms with Crippen molar-refractivity contribution >= 4 is 34.5 Å². The van der Waals surface area contributed by atoms with E-state index >= 15 is 0 Å². The number of benzene rings is 1. The van der Waals surface area contributed by atoms with Crippen molar-refractivity contribution in [3.63, 3.8) is 0 Å². The summed E-state index contributed by atoms with van der Waals surface area (Å²) in [6.45, 7) is 0. The fourth-order valence-corrected chi connectivity index (χ4v) is 4.23. The van der Waals surface area contributed by atoms with Gasteiger partial charge in [-0.2, -0.15) is 0 Å². The van der Waals surface area contributed by atoms with Crippen LogP contribution in [0.15, 0.2) is 41.8 Å². The van der Waals surface area contributed by atoms with Gasteiger partial charge in [0, 0.05) is 0 Å². The zero-order chi connectivity index (χ0) is 9.80. The Bertz CT molecular complexity index is 456. The molecule has 0 N–H and O–H groups in total. The van der Waals surface area contributed by atoms with Gasteiger partial charge in [0.25, 0.3) is 0 Å². The van der Waals surface area contributed by atoms with Crippen LogP contribution < -0.4 is 8.24 Å². The number of hydrogen-bond acceptors (Lipinski definition) is 2. The first-order valence-corrected chi connectivity index (χ1v) is 6.70. The normalized spacial score (nSPS) is 9.64. The van der Waals surface area contributed by atoms with Gasteiger partial charge in [0.2, 0.25) is 0 Å². The molecule has 1 aromatic carbocycles. The molecule has 0 aliphatic rings. The standard InChI is InChI=1S/C11H7NSSe/c12-8-9-4-1-2-5-10(9)14-11-6-3-7-13-11/h1-7H. The molecule has 68 valence electrons. The molecule has 0 amide bonds. The van der Waals surface area contributed by atoms with Gasteiger partial charge in [-0.3, -0.25) is 0 Å². The van der Waals surface area contributed by atoms with Crippen molar-refractivity contribution < 1.29 is 0 Å². The summed E-state index contributed by atoms with van der Waals surface area (Å²) in [6, 6.07) is 14.2. The summed E-state index contributed by atoms with van der Waals surface area (Å²) >= 11 is 2.03. The van der Waals surface area contributed by atoms with Crippen LogP contribution in [0.5, 0.6) is 0 Å². The summed E-state index contributed by atoms with van der Waals surface area (Å²) in [7, 11) is 0. The van der Waals surface area contributed by atoms with E-state index in [0.29, 0.717) is 0 Å². The van der Waals surface area contributed by atoms with Crippen LogP contribution in [0.4, 0.5) is 0 Å². The number of nitrogens with zero attached hydrogens (tertiary/aromatic N) is 1. The Morgan fingerprint density at radius 1 is 1.14 bits per heavy atom. The number of nitriles is 1. The average Bonchev–Trinajstić information content (AvgIpc) is 2.71. The van der Waals surface area contributed by atoms with E-state index in [1.54, 1.807) is 11.3 Å². The van der Waals surface area contributed by atoms with Crippen molar-refractivity contribution in [2.75, 3.05) is 0 Å². The Balaban J connectivity index is 2.30. The topological polar surface area (TPSA) is 23.8 Å². The molecule has 0 saturated carbocycles. The molecule has 0 bridgehead atoms. The molecule has 0 fully saturated rings. The third-order valence-corrected chi connectivity index (χ3v) is 5.33. The molecular weight excluding hydrogens is 257 g/mol. The molecule has 0 unspecified atom stereocenters. The molecule has 3 heteroatoms. The molecule has 0 aliphatic heterocycles. The minimum absolute atomic E-state index is 0.278. The first kappa shape index (κ1) is 9.48. The van der Waals surface area contributed by atoms with E-state index in [2.05, 4.69) is 23.6 Å². The minimum atomic E-state index is 0.278. The van der Waals surface area contributed by atoms with Gasteiger partial charge >= 0.3 is 93.2 Å². The zero-order valence-corrected chi connectivity index (χ0v) is 9.83. The number of rotatable bonds is 2. The fourth-order valence-electron chi connectivity index (χ4n) is 1.08. The Morgan fingerprint density at radius 2 is 2.00 bits per heavy atom. The summed E-state index contributed by atoms with van der Waals surface area (Å²) in [5.41, 5.74) is 0.806. The molecule has 0 aliphatic carbocycles. The maximum absolute atomic E-state index is 8.91. The van der Waals surface area contributed by atoms with E-state index in [4.69, 9.17) is 5.26 Å². The maximum atomic E-state index is 8.91. The van der Waals surface area contributed by atoms with E-state index < -0.39 is 0 Å². The van der Waals surface area contributed by atoms with Gasteiger partial charge in [0.1, 0.15) is 0 Å². The molecule has 0 saturated heterocycles. The van der Waals surface area contributed by atoms with Crippen LogP contribution in [0.3, 0.4) is 0 Å². The van der Waals surface area contributed by atoms with Crippen molar-refractivity contribution in [2.24, 2.45) is 0 Å². The number of thiophene rings is 1. The van der Waals surface area contributed by atoms with Gasteiger partial charge in [-0.05, 0) is 0 Å². The SMILES string of the molecule is N#Cc1ccccc1[Se]c1cccs1. The molecule has 1 aromatic heterocycles. The third kappa shape index (κ3) is 2.05. The molecular formula is C11H7NSSe. The second-order valence-corrected chi connectivity index (χ2v) is 6.45. The van der Waals surface area contributed by atoms with E-state index in [-0.39, 0.29) is 15.0 Å². The van der Waals surface area contributed by atoms with E-state index in [1.807, 2.05) is 24.3 Å². The second kappa shape index (κ2) is 4.43. The van der Waals surface area contributed by atoms with Crippen molar-refractivity contribution in [1.29, 1.82) is 5.26 Å². The molecule has 2 aromatic rings. The van der Waals surface area contributed by atoms with Crippen molar-refractivity contribution in [1.82, 2.24) is 0 Å². The Labute approximate surface area is 93.2 Å². The summed E-state index contributed by atoms with van der Waals surface area (Å²) in [5.74, 6) is 0. The molecule has 14 heavy (non-hydrogen) atoms. The first-order valence-electron chi connectivity index (χ1n) is 4.10. The predicted molar refractivity (Wildman–Crippen MR) is 60.5 cm³/mol. The third-order valence-electron chi connectivity index (χ3n) is 1.71. The molecule has 0 spiro atoms. The zero-order valence-electron chi connectivity index (χ0n) is 7.31. The summed E-state index contributed by atoms with van der Waals surface area (Å²) < 4.78 is 2.53. The van der Waals surface area contributed by atoms with Crippen LogP contribution in [0.25, 0.3) is 0 Å². The Kier molecular flexibility index (Phi) is 3.00. The van der Waals surface area contributed by atoms with Gasteiger partial charge in [0.05, 0.1) is 0 Å². The van der Waals surface area contributed by atoms with E-state index in [9.17, 15) is 0 Å². The van der Waals surface area contributed by atoms with Crippen LogP contribution in [-0.4, -0.2) is 15.0 Å².